The first-order chi connectivity index (χ1) is 9.79. The van der Waals surface area contributed by atoms with Gasteiger partial charge in [0.2, 0.25) is 0 Å². The molecule has 1 aromatic carbocycles. The van der Waals surface area contributed by atoms with Crippen LogP contribution in [0.2, 0.25) is 0 Å². The fourth-order valence-electron chi connectivity index (χ4n) is 2.16. The maximum atomic E-state index is 5.70. The van der Waals surface area contributed by atoms with E-state index in [0.717, 1.165) is 46.5 Å². The van der Waals surface area contributed by atoms with Gasteiger partial charge >= 0.3 is 0 Å². The van der Waals surface area contributed by atoms with Crippen LogP contribution in [-0.2, 0) is 11.3 Å². The van der Waals surface area contributed by atoms with Crippen LogP contribution in [0, 0.1) is 0 Å². The maximum absolute atomic E-state index is 5.70. The third kappa shape index (κ3) is 2.62. The van der Waals surface area contributed by atoms with E-state index in [9.17, 15) is 0 Å². The molecule has 0 saturated carbocycles. The summed E-state index contributed by atoms with van der Waals surface area (Å²) in [5, 5.41) is 0. The van der Waals surface area contributed by atoms with Crippen molar-refractivity contribution in [2.24, 2.45) is 0 Å². The van der Waals surface area contributed by atoms with Gasteiger partial charge in [-0.15, -0.1) is 0 Å². The number of H-pyrrole nitrogens is 1. The molecule has 20 heavy (non-hydrogen) atoms. The number of hydrogen-bond donors (Lipinski definition) is 1. The molecule has 1 aliphatic rings. The molecule has 2 aromatic rings. The van der Waals surface area contributed by atoms with Gasteiger partial charge in [-0.3, -0.25) is 0 Å². The Kier molecular flexibility index (Phi) is 4.12. The van der Waals surface area contributed by atoms with Crippen molar-refractivity contribution < 1.29 is 14.2 Å². The fraction of sp³-hybridized carbons (Fsp3) is 0.500. The molecule has 0 amide bonds. The second-order valence-corrected chi connectivity index (χ2v) is 5.55. The molecule has 0 unspecified atom stereocenters. The average molecular weight is 341 g/mol. The summed E-state index contributed by atoms with van der Waals surface area (Å²) in [5.41, 5.74) is 1.73. The van der Waals surface area contributed by atoms with Crippen LogP contribution in [0.15, 0.2) is 10.5 Å². The number of nitrogens with one attached hydrogen (secondary N) is 1. The molecule has 2 heterocycles. The van der Waals surface area contributed by atoms with E-state index in [1.807, 2.05) is 6.07 Å². The summed E-state index contributed by atoms with van der Waals surface area (Å²) in [5.74, 6) is 2.25. The van der Waals surface area contributed by atoms with Crippen LogP contribution >= 0.6 is 15.9 Å². The number of ether oxygens (including phenoxy) is 3. The highest BCUT2D eigenvalue weighted by atomic mass is 79.9. The minimum Gasteiger partial charge on any atom is -0.485 e. The number of benzene rings is 1. The number of halogens is 1. The van der Waals surface area contributed by atoms with Gasteiger partial charge in [0.25, 0.3) is 0 Å². The Labute approximate surface area is 125 Å². The lowest BCUT2D eigenvalue weighted by Gasteiger charge is -2.19. The molecule has 6 heteroatoms. The van der Waals surface area contributed by atoms with E-state index in [4.69, 9.17) is 14.2 Å². The van der Waals surface area contributed by atoms with Gasteiger partial charge in [-0.05, 0) is 28.4 Å². The van der Waals surface area contributed by atoms with Gasteiger partial charge in [0, 0.05) is 6.61 Å². The molecule has 0 saturated heterocycles. The Bertz CT molecular complexity index is 612. The van der Waals surface area contributed by atoms with E-state index in [2.05, 4.69) is 32.8 Å². The molecule has 5 nitrogen and oxygen atoms in total. The lowest BCUT2D eigenvalue weighted by atomic mass is 10.2. The zero-order chi connectivity index (χ0) is 13.9. The summed E-state index contributed by atoms with van der Waals surface area (Å²) in [7, 11) is 0. The highest BCUT2D eigenvalue weighted by molar-refractivity contribution is 9.10. The molecule has 3 rings (SSSR count). The van der Waals surface area contributed by atoms with Crippen molar-refractivity contribution in [1.29, 1.82) is 0 Å². The Morgan fingerprint density at radius 1 is 1.35 bits per heavy atom. The average Bonchev–Trinajstić information content (AvgIpc) is 2.87. The number of fused-ring (bicyclic) bond motifs is 3. The summed E-state index contributed by atoms with van der Waals surface area (Å²) in [6.45, 7) is 4.50. The van der Waals surface area contributed by atoms with Gasteiger partial charge in [0.1, 0.15) is 31.2 Å². The normalized spacial score (nSPS) is 13.9. The zero-order valence-corrected chi connectivity index (χ0v) is 13.0. The van der Waals surface area contributed by atoms with Crippen molar-refractivity contribution in [3.8, 4) is 11.5 Å². The van der Waals surface area contributed by atoms with E-state index in [-0.39, 0.29) is 0 Å². The number of imidazole rings is 1. The first-order valence-corrected chi connectivity index (χ1v) is 7.63. The highest BCUT2D eigenvalue weighted by Crippen LogP contribution is 2.42. The molecular weight excluding hydrogens is 324 g/mol. The van der Waals surface area contributed by atoms with Crippen LogP contribution in [0.5, 0.6) is 11.5 Å². The SMILES string of the molecule is CCCCOCc1nc2c3c(c(Br)cc2[nH]1)OCCO3. The summed E-state index contributed by atoms with van der Waals surface area (Å²) in [6.07, 6.45) is 2.20. The molecule has 0 atom stereocenters. The Balaban J connectivity index is 1.87. The second-order valence-electron chi connectivity index (χ2n) is 4.70. The first-order valence-electron chi connectivity index (χ1n) is 6.84. The number of hydrogen-bond acceptors (Lipinski definition) is 4. The zero-order valence-electron chi connectivity index (χ0n) is 11.4. The summed E-state index contributed by atoms with van der Waals surface area (Å²) in [4.78, 5) is 7.82. The molecule has 1 aliphatic heterocycles. The number of aromatic amines is 1. The molecule has 0 bridgehead atoms. The fourth-order valence-corrected chi connectivity index (χ4v) is 2.69. The number of nitrogens with zero attached hydrogens (tertiary/aromatic N) is 1. The Morgan fingerprint density at radius 2 is 2.15 bits per heavy atom. The maximum Gasteiger partial charge on any atom is 0.190 e. The molecule has 0 spiro atoms. The Hall–Kier alpha value is -1.27. The second kappa shape index (κ2) is 6.01. The van der Waals surface area contributed by atoms with Crippen molar-refractivity contribution in [3.05, 3.63) is 16.4 Å². The smallest absolute Gasteiger partial charge is 0.190 e. The molecule has 0 radical (unpaired) electrons. The van der Waals surface area contributed by atoms with Gasteiger partial charge in [0.05, 0.1) is 9.99 Å². The molecule has 108 valence electrons. The molecule has 0 aliphatic carbocycles. The van der Waals surface area contributed by atoms with Crippen LogP contribution < -0.4 is 9.47 Å². The first kappa shape index (κ1) is 13.7. The molecule has 1 N–H and O–H groups in total. The third-order valence-corrected chi connectivity index (χ3v) is 3.74. The monoisotopic (exact) mass is 340 g/mol. The van der Waals surface area contributed by atoms with Gasteiger partial charge in [-0.2, -0.15) is 0 Å². The number of unbranched alkanes of at least 4 members (excludes halogenated alkanes) is 1. The van der Waals surface area contributed by atoms with E-state index >= 15 is 0 Å². The van der Waals surface area contributed by atoms with Gasteiger partial charge in [-0.25, -0.2) is 4.98 Å². The van der Waals surface area contributed by atoms with Crippen LogP contribution in [0.4, 0.5) is 0 Å². The highest BCUT2D eigenvalue weighted by Gasteiger charge is 2.21. The van der Waals surface area contributed by atoms with Crippen LogP contribution in [-0.4, -0.2) is 29.8 Å². The quantitative estimate of drug-likeness (QED) is 0.847. The molecular formula is C14H17BrN2O3. The van der Waals surface area contributed by atoms with Gasteiger partial charge in [0.15, 0.2) is 11.5 Å². The molecule has 1 aromatic heterocycles. The third-order valence-electron chi connectivity index (χ3n) is 3.15. The van der Waals surface area contributed by atoms with Crippen LogP contribution in [0.25, 0.3) is 11.0 Å². The summed E-state index contributed by atoms with van der Waals surface area (Å²) in [6, 6.07) is 1.96. The predicted octanol–water partition coefficient (Wildman–Crippen LogP) is 3.41. The van der Waals surface area contributed by atoms with E-state index in [1.54, 1.807) is 0 Å². The standard InChI is InChI=1S/C14H17BrN2O3/c1-2-3-4-18-8-11-16-10-7-9(15)13-14(12(10)17-11)20-6-5-19-13/h7H,2-6,8H2,1H3,(H,16,17). The Morgan fingerprint density at radius 3 is 2.95 bits per heavy atom. The van der Waals surface area contributed by atoms with Crippen molar-refractivity contribution in [3.63, 3.8) is 0 Å². The molecule has 0 fully saturated rings. The lowest BCUT2D eigenvalue weighted by Crippen LogP contribution is -2.16. The van der Waals surface area contributed by atoms with Gasteiger partial charge in [-0.1, -0.05) is 13.3 Å². The van der Waals surface area contributed by atoms with Crippen molar-refractivity contribution in [1.82, 2.24) is 9.97 Å². The van der Waals surface area contributed by atoms with E-state index in [0.29, 0.717) is 25.6 Å². The minimum absolute atomic E-state index is 0.488. The summed E-state index contributed by atoms with van der Waals surface area (Å²) < 4.78 is 17.8. The number of aromatic nitrogens is 2. The lowest BCUT2D eigenvalue weighted by molar-refractivity contribution is 0.113. The summed E-state index contributed by atoms with van der Waals surface area (Å²) >= 11 is 3.50. The minimum atomic E-state index is 0.488. The van der Waals surface area contributed by atoms with Crippen LogP contribution in [0.1, 0.15) is 25.6 Å². The van der Waals surface area contributed by atoms with Crippen molar-refractivity contribution >= 4 is 27.0 Å². The van der Waals surface area contributed by atoms with E-state index in [1.165, 1.54) is 0 Å². The topological polar surface area (TPSA) is 56.4 Å². The van der Waals surface area contributed by atoms with E-state index < -0.39 is 0 Å². The predicted molar refractivity (Wildman–Crippen MR) is 79.3 cm³/mol. The number of rotatable bonds is 5. The van der Waals surface area contributed by atoms with Crippen molar-refractivity contribution in [2.75, 3.05) is 19.8 Å². The van der Waals surface area contributed by atoms with Gasteiger partial charge < -0.3 is 19.2 Å². The van der Waals surface area contributed by atoms with Crippen molar-refractivity contribution in [2.45, 2.75) is 26.4 Å². The largest absolute Gasteiger partial charge is 0.485 e. The van der Waals surface area contributed by atoms with Crippen LogP contribution in [0.3, 0.4) is 0 Å².